The molecule has 2 fully saturated rings. The number of hydrogen-bond donors (Lipinski definition) is 0. The van der Waals surface area contributed by atoms with Crippen molar-refractivity contribution in [2.24, 2.45) is 0 Å². The van der Waals surface area contributed by atoms with Crippen LogP contribution in [0.1, 0.15) is 53.1 Å². The molecule has 0 N–H and O–H groups in total. The zero-order valence-electron chi connectivity index (χ0n) is 21.3. The maximum absolute atomic E-state index is 13.7. The summed E-state index contributed by atoms with van der Waals surface area (Å²) in [5.74, 6) is 0.935. The fourth-order valence-corrected chi connectivity index (χ4v) is 6.52. The van der Waals surface area contributed by atoms with E-state index in [2.05, 4.69) is 73.9 Å². The number of carbonyl (C=O) groups excluding carboxylic acids is 1. The van der Waals surface area contributed by atoms with Crippen molar-refractivity contribution in [3.05, 3.63) is 75.5 Å². The number of carbonyl (C=O) groups is 1. The van der Waals surface area contributed by atoms with E-state index in [1.807, 2.05) is 4.90 Å². The van der Waals surface area contributed by atoms with Gasteiger partial charge in [-0.1, -0.05) is 41.5 Å². The Morgan fingerprint density at radius 3 is 2.29 bits per heavy atom. The van der Waals surface area contributed by atoms with E-state index in [4.69, 9.17) is 4.74 Å². The number of ether oxygens (including phenoxy) is 1. The first kappa shape index (κ1) is 23.0. The van der Waals surface area contributed by atoms with Gasteiger partial charge in [0.25, 0.3) is 0 Å². The van der Waals surface area contributed by atoms with Gasteiger partial charge in [-0.2, -0.15) is 0 Å². The number of nitrogens with zero attached hydrogens (tertiary/aromatic N) is 3. The lowest BCUT2D eigenvalue weighted by molar-refractivity contribution is 0.0889. The standard InChI is InChI=1S/C29H37N3O2/c1-6-32-28(33)31-19-24-16-22(4)17-26(34-5)25(24)7-8-27(31)29(32)9-11-30(12-10-29)18-23-14-20(2)13-21(3)15-23/h8,13-17H,6-7,9-12,18-19H2,1-5H3. The number of hydrogen-bond acceptors (Lipinski definition) is 3. The Balaban J connectivity index is 1.42. The number of allylic oxidation sites excluding steroid dienone is 1. The topological polar surface area (TPSA) is 36.0 Å². The Kier molecular flexibility index (Phi) is 5.93. The maximum Gasteiger partial charge on any atom is 0.325 e. The van der Waals surface area contributed by atoms with E-state index >= 15 is 0 Å². The highest BCUT2D eigenvalue weighted by atomic mass is 16.5. The minimum Gasteiger partial charge on any atom is -0.496 e. The number of urea groups is 1. The van der Waals surface area contributed by atoms with E-state index in [0.717, 1.165) is 51.2 Å². The van der Waals surface area contributed by atoms with Gasteiger partial charge in [0.1, 0.15) is 5.75 Å². The molecule has 3 aliphatic rings. The summed E-state index contributed by atoms with van der Waals surface area (Å²) in [6.07, 6.45) is 5.08. The van der Waals surface area contributed by atoms with Gasteiger partial charge in [-0.05, 0) is 69.7 Å². The summed E-state index contributed by atoms with van der Waals surface area (Å²) in [4.78, 5) is 20.4. The van der Waals surface area contributed by atoms with Crippen LogP contribution < -0.4 is 4.74 Å². The van der Waals surface area contributed by atoms with Crippen LogP contribution in [0.4, 0.5) is 4.79 Å². The Morgan fingerprint density at radius 1 is 0.971 bits per heavy atom. The van der Waals surface area contributed by atoms with Crippen molar-refractivity contribution in [1.82, 2.24) is 14.7 Å². The molecule has 0 bridgehead atoms. The SMILES string of the molecule is CCN1C(=O)N2Cc3cc(C)cc(OC)c3CC=C2C12CCN(Cc1cc(C)cc(C)c1)CC2. The lowest BCUT2D eigenvalue weighted by atomic mass is 9.83. The molecule has 3 heterocycles. The molecule has 180 valence electrons. The van der Waals surface area contributed by atoms with Crippen LogP contribution in [0.25, 0.3) is 0 Å². The van der Waals surface area contributed by atoms with Gasteiger partial charge in [0.15, 0.2) is 0 Å². The first-order valence-corrected chi connectivity index (χ1v) is 12.6. The van der Waals surface area contributed by atoms with E-state index in [9.17, 15) is 4.79 Å². The average Bonchev–Trinajstić information content (AvgIpc) is 2.91. The Hall–Kier alpha value is -2.79. The van der Waals surface area contributed by atoms with Gasteiger partial charge < -0.3 is 9.64 Å². The summed E-state index contributed by atoms with van der Waals surface area (Å²) in [7, 11) is 1.74. The monoisotopic (exact) mass is 459 g/mol. The summed E-state index contributed by atoms with van der Waals surface area (Å²) in [5, 5.41) is 0. The molecule has 0 atom stereocenters. The van der Waals surface area contributed by atoms with Gasteiger partial charge in [-0.15, -0.1) is 0 Å². The van der Waals surface area contributed by atoms with Crippen LogP contribution in [0.3, 0.4) is 0 Å². The van der Waals surface area contributed by atoms with Crippen molar-refractivity contribution < 1.29 is 9.53 Å². The number of fused-ring (bicyclic) bond motifs is 3. The van der Waals surface area contributed by atoms with Gasteiger partial charge in [0.05, 0.1) is 19.2 Å². The number of likely N-dealkylation sites (tertiary alicyclic amines) is 1. The van der Waals surface area contributed by atoms with Crippen LogP contribution in [-0.4, -0.2) is 53.0 Å². The third-order valence-corrected chi connectivity index (χ3v) is 7.93. The fourth-order valence-electron chi connectivity index (χ4n) is 6.52. The number of amides is 2. The fraction of sp³-hybridized carbons (Fsp3) is 0.483. The second-order valence-corrected chi connectivity index (χ2v) is 10.3. The molecule has 2 amide bonds. The van der Waals surface area contributed by atoms with Crippen LogP contribution >= 0.6 is 0 Å². The molecular formula is C29H37N3O2. The third kappa shape index (κ3) is 3.80. The Labute approximate surface area is 204 Å². The zero-order valence-corrected chi connectivity index (χ0v) is 21.3. The molecule has 0 unspecified atom stereocenters. The first-order chi connectivity index (χ1) is 16.3. The summed E-state index contributed by atoms with van der Waals surface area (Å²) in [5.41, 5.74) is 8.64. The maximum atomic E-state index is 13.7. The van der Waals surface area contributed by atoms with Crippen LogP contribution in [0.2, 0.25) is 0 Å². The number of methoxy groups -OCH3 is 1. The highest BCUT2D eigenvalue weighted by molar-refractivity contribution is 5.83. The van der Waals surface area contributed by atoms with Crippen molar-refractivity contribution in [3.8, 4) is 5.75 Å². The molecule has 3 aliphatic heterocycles. The summed E-state index contributed by atoms with van der Waals surface area (Å²) >= 11 is 0. The summed E-state index contributed by atoms with van der Waals surface area (Å²) in [6, 6.07) is 11.3. The van der Waals surface area contributed by atoms with Crippen molar-refractivity contribution >= 4 is 6.03 Å². The van der Waals surface area contributed by atoms with Crippen molar-refractivity contribution in [2.75, 3.05) is 26.7 Å². The van der Waals surface area contributed by atoms with Crippen molar-refractivity contribution in [3.63, 3.8) is 0 Å². The first-order valence-electron chi connectivity index (χ1n) is 12.6. The number of likely N-dealkylation sites (N-methyl/N-ethyl adjacent to an activating group) is 1. The smallest absolute Gasteiger partial charge is 0.325 e. The Morgan fingerprint density at radius 2 is 1.65 bits per heavy atom. The zero-order chi connectivity index (χ0) is 24.0. The minimum absolute atomic E-state index is 0.157. The van der Waals surface area contributed by atoms with Gasteiger partial charge in [0, 0.05) is 37.4 Å². The molecule has 0 saturated carbocycles. The van der Waals surface area contributed by atoms with Crippen molar-refractivity contribution in [1.29, 1.82) is 0 Å². The molecule has 5 rings (SSSR count). The van der Waals surface area contributed by atoms with Crippen molar-refractivity contribution in [2.45, 2.75) is 65.6 Å². The third-order valence-electron chi connectivity index (χ3n) is 7.93. The van der Waals surface area contributed by atoms with E-state index in [1.165, 1.54) is 39.1 Å². The molecule has 0 radical (unpaired) electrons. The van der Waals surface area contributed by atoms with Crippen LogP contribution in [-0.2, 0) is 19.5 Å². The molecule has 2 aromatic carbocycles. The number of benzene rings is 2. The van der Waals surface area contributed by atoms with Gasteiger partial charge >= 0.3 is 6.03 Å². The normalized spacial score (nSPS) is 19.7. The van der Waals surface area contributed by atoms with E-state index in [0.29, 0.717) is 6.54 Å². The molecule has 2 aromatic rings. The lowest BCUT2D eigenvalue weighted by Gasteiger charge is -2.44. The summed E-state index contributed by atoms with van der Waals surface area (Å²) < 4.78 is 5.71. The van der Waals surface area contributed by atoms with E-state index < -0.39 is 0 Å². The molecule has 5 nitrogen and oxygen atoms in total. The molecule has 34 heavy (non-hydrogen) atoms. The molecule has 0 aliphatic carbocycles. The average molecular weight is 460 g/mol. The van der Waals surface area contributed by atoms with Gasteiger partial charge in [-0.25, -0.2) is 4.79 Å². The largest absolute Gasteiger partial charge is 0.496 e. The van der Waals surface area contributed by atoms with E-state index in [1.54, 1.807) is 7.11 Å². The second-order valence-electron chi connectivity index (χ2n) is 10.3. The second kappa shape index (κ2) is 8.77. The van der Waals surface area contributed by atoms with Crippen LogP contribution in [0, 0.1) is 20.8 Å². The Bertz CT molecular complexity index is 1120. The number of piperidine rings is 1. The highest BCUT2D eigenvalue weighted by Crippen LogP contribution is 2.46. The number of aryl methyl sites for hydroxylation is 3. The molecule has 1 spiro atoms. The molecular weight excluding hydrogens is 422 g/mol. The van der Waals surface area contributed by atoms with Gasteiger partial charge in [-0.3, -0.25) is 9.80 Å². The number of rotatable bonds is 4. The van der Waals surface area contributed by atoms with Crippen LogP contribution in [0.15, 0.2) is 42.1 Å². The lowest BCUT2D eigenvalue weighted by Crippen LogP contribution is -2.53. The highest BCUT2D eigenvalue weighted by Gasteiger charge is 2.54. The molecule has 0 aromatic heterocycles. The summed E-state index contributed by atoms with van der Waals surface area (Å²) in [6.45, 7) is 12.9. The van der Waals surface area contributed by atoms with Gasteiger partial charge in [0.2, 0.25) is 0 Å². The van der Waals surface area contributed by atoms with E-state index in [-0.39, 0.29) is 11.6 Å². The minimum atomic E-state index is -0.199. The molecule has 2 saturated heterocycles. The van der Waals surface area contributed by atoms with Crippen LogP contribution in [0.5, 0.6) is 5.75 Å². The predicted molar refractivity (Wildman–Crippen MR) is 136 cm³/mol. The quantitative estimate of drug-likeness (QED) is 0.618. The predicted octanol–water partition coefficient (Wildman–Crippen LogP) is 5.35. The molecule has 5 heteroatoms.